The number of hydrogen-bond donors (Lipinski definition) is 2. The smallest absolute Gasteiger partial charge is 0.254 e. The molecule has 1 N–H and O–H groups in total. The van der Waals surface area contributed by atoms with E-state index >= 15 is 0 Å². The van der Waals surface area contributed by atoms with Crippen molar-refractivity contribution in [2.75, 3.05) is 0 Å². The summed E-state index contributed by atoms with van der Waals surface area (Å²) in [6.45, 7) is 0. The van der Waals surface area contributed by atoms with Gasteiger partial charge in [-0.15, -0.1) is 39.7 Å². The minimum Gasteiger partial charge on any atom is -0.288 e. The molecule has 0 radical (unpaired) electrons. The zero-order valence-electron chi connectivity index (χ0n) is 7.29. The Bertz CT molecular complexity index is 281. The molecule has 2 aromatic heterocycles. The first-order valence-electron chi connectivity index (χ1n) is 3.21. The van der Waals surface area contributed by atoms with E-state index in [2.05, 4.69) is 9.97 Å². The fourth-order valence-electron chi connectivity index (χ4n) is 0.351. The summed E-state index contributed by atoms with van der Waals surface area (Å²) >= 11 is 3.20. The van der Waals surface area contributed by atoms with Crippen LogP contribution in [0.25, 0.3) is 0 Å². The Kier molecular flexibility index (Phi) is 15.5. The minimum absolute atomic E-state index is 0. The molecule has 0 atom stereocenters. The molecule has 0 aliphatic rings. The molecule has 0 spiro atoms. The van der Waals surface area contributed by atoms with Crippen molar-refractivity contribution in [1.82, 2.24) is 9.97 Å². The molecule has 0 saturated carbocycles. The third-order valence-corrected chi connectivity index (χ3v) is 1.74. The molecular formula is C6H9BrN2O3S3. The number of rotatable bonds is 0. The molecule has 0 aliphatic heterocycles. The van der Waals surface area contributed by atoms with Crippen LogP contribution in [0, 0.1) is 0 Å². The van der Waals surface area contributed by atoms with Gasteiger partial charge in [-0.05, 0) is 0 Å². The van der Waals surface area contributed by atoms with Crippen LogP contribution >= 0.6 is 39.7 Å². The van der Waals surface area contributed by atoms with Gasteiger partial charge in [-0.3, -0.25) is 14.5 Å². The van der Waals surface area contributed by atoms with E-state index in [1.165, 1.54) is 0 Å². The second kappa shape index (κ2) is 13.7. The number of thiol groups is 1. The first kappa shape index (κ1) is 17.1. The summed E-state index contributed by atoms with van der Waals surface area (Å²) in [6, 6.07) is 0. The normalized spacial score (nSPS) is 7.60. The average molecular weight is 333 g/mol. The van der Waals surface area contributed by atoms with Crippen LogP contribution in [-0.4, -0.2) is 22.9 Å². The van der Waals surface area contributed by atoms with Crippen LogP contribution in [0.15, 0.2) is 34.2 Å². The molecule has 15 heavy (non-hydrogen) atoms. The molecule has 0 aliphatic carbocycles. The van der Waals surface area contributed by atoms with Crippen LogP contribution in [0.2, 0.25) is 0 Å². The van der Waals surface area contributed by atoms with Crippen LogP contribution in [0.1, 0.15) is 0 Å². The van der Waals surface area contributed by atoms with E-state index in [0.29, 0.717) is 0 Å². The molecule has 86 valence electrons. The molecule has 0 aromatic carbocycles. The second-order valence-corrected chi connectivity index (χ2v) is 3.58. The van der Waals surface area contributed by atoms with Crippen molar-refractivity contribution in [3.8, 4) is 0 Å². The zero-order valence-corrected chi connectivity index (χ0v) is 11.5. The van der Waals surface area contributed by atoms with E-state index in [1.54, 1.807) is 46.1 Å². The van der Waals surface area contributed by atoms with Crippen molar-refractivity contribution >= 4 is 50.6 Å². The number of halogens is 1. The van der Waals surface area contributed by atoms with Crippen LogP contribution < -0.4 is 0 Å². The van der Waals surface area contributed by atoms with Gasteiger partial charge in [0, 0.05) is 23.2 Å². The molecule has 0 bridgehead atoms. The van der Waals surface area contributed by atoms with Gasteiger partial charge in [-0.1, -0.05) is 0 Å². The molecule has 2 aromatic rings. The molecular weight excluding hydrogens is 324 g/mol. The van der Waals surface area contributed by atoms with Crippen LogP contribution in [-0.2, 0) is 11.0 Å². The summed E-state index contributed by atoms with van der Waals surface area (Å²) in [5.41, 5.74) is 3.58. The summed E-state index contributed by atoms with van der Waals surface area (Å²) < 4.78 is 24.2. The Labute approximate surface area is 107 Å². The molecule has 9 heteroatoms. The Hall–Kier alpha value is -0.350. The molecule has 0 fully saturated rings. The van der Waals surface area contributed by atoms with E-state index in [-0.39, 0.29) is 17.0 Å². The third-order valence-electron chi connectivity index (χ3n) is 0.694. The zero-order chi connectivity index (χ0) is 10.6. The number of thiazole rings is 2. The lowest BCUT2D eigenvalue weighted by atomic mass is 11.0. The molecule has 5 nitrogen and oxygen atoms in total. The Morgan fingerprint density at radius 2 is 1.33 bits per heavy atom. The lowest BCUT2D eigenvalue weighted by molar-refractivity contribution is 0.509. The third kappa shape index (κ3) is 19.9. The maximum atomic E-state index is 8.59. The monoisotopic (exact) mass is 332 g/mol. The number of hydrogen-bond acceptors (Lipinski definition) is 6. The molecule has 0 unspecified atom stereocenters. The first-order valence-corrected chi connectivity index (χ1v) is 6.22. The summed E-state index contributed by atoms with van der Waals surface area (Å²) in [4.78, 5) is 7.48. The Balaban J connectivity index is 0. The van der Waals surface area contributed by atoms with E-state index in [4.69, 9.17) is 13.0 Å². The first-order chi connectivity index (χ1) is 6.73. The SMILES string of the molecule is Br.O=[SH](=O)O.c1cscn1.c1cscn1. The summed E-state index contributed by atoms with van der Waals surface area (Å²) in [5.74, 6) is 0. The Morgan fingerprint density at radius 3 is 1.40 bits per heavy atom. The fraction of sp³-hybridized carbons (Fsp3) is 0. The highest BCUT2D eigenvalue weighted by Crippen LogP contribution is 1.86. The highest BCUT2D eigenvalue weighted by Gasteiger charge is 1.59. The van der Waals surface area contributed by atoms with E-state index in [9.17, 15) is 0 Å². The van der Waals surface area contributed by atoms with Crippen molar-refractivity contribution in [3.05, 3.63) is 34.2 Å². The topological polar surface area (TPSA) is 80.2 Å². The van der Waals surface area contributed by atoms with Crippen LogP contribution in [0.5, 0.6) is 0 Å². The molecule has 2 rings (SSSR count). The van der Waals surface area contributed by atoms with Crippen LogP contribution in [0.3, 0.4) is 0 Å². The average Bonchev–Trinajstić information content (AvgIpc) is 2.83. The molecule has 2 heterocycles. The predicted octanol–water partition coefficient (Wildman–Crippen LogP) is 1.93. The van der Waals surface area contributed by atoms with Gasteiger partial charge in [0.25, 0.3) is 11.0 Å². The van der Waals surface area contributed by atoms with Crippen LogP contribution in [0.4, 0.5) is 0 Å². The van der Waals surface area contributed by atoms with Crippen molar-refractivity contribution in [2.24, 2.45) is 0 Å². The van der Waals surface area contributed by atoms with Gasteiger partial charge in [0.1, 0.15) is 0 Å². The maximum Gasteiger partial charge on any atom is 0.254 e. The quantitative estimate of drug-likeness (QED) is 0.569. The largest absolute Gasteiger partial charge is 0.288 e. The van der Waals surface area contributed by atoms with Crippen molar-refractivity contribution in [1.29, 1.82) is 0 Å². The number of nitrogens with zero attached hydrogens (tertiary/aromatic N) is 2. The lowest BCUT2D eigenvalue weighted by Gasteiger charge is -1.43. The van der Waals surface area contributed by atoms with Gasteiger partial charge in [0.15, 0.2) is 0 Å². The van der Waals surface area contributed by atoms with E-state index in [1.807, 2.05) is 10.8 Å². The summed E-state index contributed by atoms with van der Waals surface area (Å²) in [5, 5.41) is 3.86. The Morgan fingerprint density at radius 1 is 1.00 bits per heavy atom. The molecule has 0 saturated heterocycles. The van der Waals surface area contributed by atoms with E-state index < -0.39 is 11.0 Å². The summed E-state index contributed by atoms with van der Waals surface area (Å²) in [6.07, 6.45) is 3.54. The van der Waals surface area contributed by atoms with Gasteiger partial charge in [0.05, 0.1) is 11.0 Å². The number of aromatic nitrogens is 2. The molecule has 0 amide bonds. The van der Waals surface area contributed by atoms with Gasteiger partial charge >= 0.3 is 0 Å². The second-order valence-electron chi connectivity index (χ2n) is 1.59. The highest BCUT2D eigenvalue weighted by atomic mass is 79.9. The van der Waals surface area contributed by atoms with Gasteiger partial charge in [-0.25, -0.2) is 8.42 Å². The highest BCUT2D eigenvalue weighted by molar-refractivity contribution is 8.93. The minimum atomic E-state index is -3.12. The van der Waals surface area contributed by atoms with Gasteiger partial charge in [-0.2, -0.15) is 0 Å². The van der Waals surface area contributed by atoms with Crippen molar-refractivity contribution in [2.45, 2.75) is 0 Å². The summed E-state index contributed by atoms with van der Waals surface area (Å²) in [7, 11) is -3.12. The van der Waals surface area contributed by atoms with E-state index in [0.717, 1.165) is 0 Å². The van der Waals surface area contributed by atoms with Gasteiger partial charge in [0.2, 0.25) is 0 Å². The fourth-order valence-corrected chi connectivity index (χ4v) is 1.05. The van der Waals surface area contributed by atoms with Crippen molar-refractivity contribution < 1.29 is 13.0 Å². The lowest BCUT2D eigenvalue weighted by Crippen LogP contribution is -1.58. The predicted molar refractivity (Wildman–Crippen MR) is 67.5 cm³/mol. The van der Waals surface area contributed by atoms with Crippen molar-refractivity contribution in [3.63, 3.8) is 0 Å². The van der Waals surface area contributed by atoms with Gasteiger partial charge < -0.3 is 0 Å². The maximum absolute atomic E-state index is 8.59. The standard InChI is InChI=1S/2C3H3NS.BrH.H2O3S/c2*1-2-5-3-4-1;;1-4(2)3/h2*1-3H;1H;4H,(H,1,2,3).